The van der Waals surface area contributed by atoms with Gasteiger partial charge < -0.3 is 9.15 Å². The number of hydrogen-bond donors (Lipinski definition) is 0. The number of allylic oxidation sites excluding steroid dienone is 2. The second-order valence-corrected chi connectivity index (χ2v) is 2.95. The van der Waals surface area contributed by atoms with Crippen LogP contribution in [0.1, 0.15) is 5.76 Å². The van der Waals surface area contributed by atoms with E-state index in [0.717, 1.165) is 0 Å². The van der Waals surface area contributed by atoms with Gasteiger partial charge in [0.1, 0.15) is 11.3 Å². The number of furan rings is 1. The highest BCUT2D eigenvalue weighted by atomic mass is 16.5. The summed E-state index contributed by atoms with van der Waals surface area (Å²) in [6, 6.07) is 3.52. The molecular weight excluding hydrogens is 196 g/mol. The van der Waals surface area contributed by atoms with Gasteiger partial charge in [0.15, 0.2) is 6.61 Å². The molecule has 76 valence electrons. The molecule has 4 nitrogen and oxygen atoms in total. The van der Waals surface area contributed by atoms with Gasteiger partial charge >= 0.3 is 5.97 Å². The fraction of sp³-hybridized carbons (Fsp3) is 0.0909. The van der Waals surface area contributed by atoms with Crippen LogP contribution in [0.2, 0.25) is 0 Å². The maximum absolute atomic E-state index is 11.1. The standard InChI is InChI=1S/C11H8O4/c12-10-7-15-11(13)9(10)5-1-3-8-4-2-6-14-8/h1-6H,7H2/b3-1+,9-5-. The van der Waals surface area contributed by atoms with E-state index in [-0.39, 0.29) is 18.0 Å². The zero-order valence-corrected chi connectivity index (χ0v) is 7.80. The lowest BCUT2D eigenvalue weighted by Crippen LogP contribution is -1.99. The number of Topliss-reactive ketones (excluding diaryl/α,β-unsaturated/α-hetero) is 1. The first-order valence-corrected chi connectivity index (χ1v) is 4.39. The SMILES string of the molecule is O=C1COC(=O)/C1=C\C=C\c1ccco1. The summed E-state index contributed by atoms with van der Waals surface area (Å²) >= 11 is 0. The van der Waals surface area contributed by atoms with Crippen molar-refractivity contribution in [2.45, 2.75) is 0 Å². The van der Waals surface area contributed by atoms with Crippen LogP contribution in [-0.2, 0) is 14.3 Å². The Morgan fingerprint density at radius 3 is 2.80 bits per heavy atom. The molecule has 0 N–H and O–H groups in total. The van der Waals surface area contributed by atoms with Gasteiger partial charge in [-0.3, -0.25) is 4.79 Å². The number of ketones is 1. The minimum Gasteiger partial charge on any atom is -0.465 e. The van der Waals surface area contributed by atoms with Crippen LogP contribution in [0.15, 0.2) is 40.5 Å². The quantitative estimate of drug-likeness (QED) is 0.414. The second-order valence-electron chi connectivity index (χ2n) is 2.95. The maximum atomic E-state index is 11.1. The van der Waals surface area contributed by atoms with Crippen LogP contribution in [-0.4, -0.2) is 18.4 Å². The Morgan fingerprint density at radius 2 is 2.20 bits per heavy atom. The summed E-state index contributed by atoms with van der Waals surface area (Å²) in [5.74, 6) is -0.196. The molecule has 0 spiro atoms. The molecular formula is C11H8O4. The summed E-state index contributed by atoms with van der Waals surface area (Å²) in [4.78, 5) is 22.1. The van der Waals surface area contributed by atoms with Crippen molar-refractivity contribution in [1.29, 1.82) is 0 Å². The third-order valence-electron chi connectivity index (χ3n) is 1.92. The van der Waals surface area contributed by atoms with Gasteiger partial charge in [-0.25, -0.2) is 4.79 Å². The largest absolute Gasteiger partial charge is 0.465 e. The lowest BCUT2D eigenvalue weighted by Gasteiger charge is -1.85. The Balaban J connectivity index is 2.11. The molecule has 0 bridgehead atoms. The van der Waals surface area contributed by atoms with Gasteiger partial charge in [0.05, 0.1) is 6.26 Å². The average Bonchev–Trinajstić information content (AvgIpc) is 2.82. The number of rotatable bonds is 2. The summed E-state index contributed by atoms with van der Waals surface area (Å²) in [6.45, 7) is -0.154. The summed E-state index contributed by atoms with van der Waals surface area (Å²) in [5, 5.41) is 0. The molecule has 1 aromatic heterocycles. The molecule has 15 heavy (non-hydrogen) atoms. The van der Waals surface area contributed by atoms with Crippen LogP contribution >= 0.6 is 0 Å². The number of esters is 1. The van der Waals surface area contributed by atoms with E-state index in [9.17, 15) is 9.59 Å². The highest BCUT2D eigenvalue weighted by molar-refractivity contribution is 6.22. The first kappa shape index (κ1) is 9.45. The molecule has 1 aromatic rings. The van der Waals surface area contributed by atoms with Gasteiger partial charge in [0.2, 0.25) is 5.78 Å². The second kappa shape index (κ2) is 3.96. The van der Waals surface area contributed by atoms with Gasteiger partial charge in [-0.2, -0.15) is 0 Å². The fourth-order valence-electron chi connectivity index (χ4n) is 1.19. The Kier molecular flexibility index (Phi) is 2.49. The average molecular weight is 204 g/mol. The van der Waals surface area contributed by atoms with Crippen LogP contribution in [0.4, 0.5) is 0 Å². The molecule has 0 atom stereocenters. The molecule has 1 aliphatic rings. The van der Waals surface area contributed by atoms with Crippen LogP contribution in [0, 0.1) is 0 Å². The molecule has 1 aliphatic heterocycles. The number of carbonyl (C=O) groups is 2. The van der Waals surface area contributed by atoms with Gasteiger partial charge in [-0.1, -0.05) is 6.08 Å². The van der Waals surface area contributed by atoms with Crippen LogP contribution < -0.4 is 0 Å². The Hall–Kier alpha value is -2.10. The molecule has 0 radical (unpaired) electrons. The lowest BCUT2D eigenvalue weighted by molar-refractivity contribution is -0.135. The van der Waals surface area contributed by atoms with Crippen molar-refractivity contribution in [2.24, 2.45) is 0 Å². The number of carbonyl (C=O) groups excluding carboxylic acids is 2. The minimum atomic E-state index is -0.566. The zero-order valence-electron chi connectivity index (χ0n) is 7.80. The molecule has 1 saturated heterocycles. The molecule has 2 heterocycles. The molecule has 4 heteroatoms. The third kappa shape index (κ3) is 2.04. The van der Waals surface area contributed by atoms with Crippen molar-refractivity contribution >= 4 is 17.8 Å². The van der Waals surface area contributed by atoms with E-state index < -0.39 is 5.97 Å². The van der Waals surface area contributed by atoms with E-state index in [2.05, 4.69) is 4.74 Å². The van der Waals surface area contributed by atoms with Crippen molar-refractivity contribution in [2.75, 3.05) is 6.61 Å². The molecule has 0 amide bonds. The predicted molar refractivity (Wildman–Crippen MR) is 51.8 cm³/mol. The molecule has 0 aromatic carbocycles. The van der Waals surface area contributed by atoms with Crippen LogP contribution in [0.25, 0.3) is 6.08 Å². The van der Waals surface area contributed by atoms with Crippen LogP contribution in [0.5, 0.6) is 0 Å². The van der Waals surface area contributed by atoms with E-state index in [1.54, 1.807) is 30.5 Å². The predicted octanol–water partition coefficient (Wildman–Crippen LogP) is 1.35. The highest BCUT2D eigenvalue weighted by Gasteiger charge is 2.27. The van der Waals surface area contributed by atoms with E-state index in [4.69, 9.17) is 4.42 Å². The Labute approximate surface area is 85.8 Å². The maximum Gasteiger partial charge on any atom is 0.342 e. The number of hydrogen-bond acceptors (Lipinski definition) is 4. The summed E-state index contributed by atoms with van der Waals surface area (Å²) in [5.41, 5.74) is 0.0813. The normalized spacial score (nSPS) is 19.1. The van der Waals surface area contributed by atoms with Gasteiger partial charge in [-0.05, 0) is 24.3 Å². The first-order chi connectivity index (χ1) is 7.27. The van der Waals surface area contributed by atoms with Crippen molar-refractivity contribution in [3.63, 3.8) is 0 Å². The van der Waals surface area contributed by atoms with E-state index in [1.807, 2.05) is 0 Å². The molecule has 0 saturated carbocycles. The van der Waals surface area contributed by atoms with Gasteiger partial charge in [-0.15, -0.1) is 0 Å². The Morgan fingerprint density at radius 1 is 1.33 bits per heavy atom. The molecule has 0 aliphatic carbocycles. The topological polar surface area (TPSA) is 56.5 Å². The smallest absolute Gasteiger partial charge is 0.342 e. The summed E-state index contributed by atoms with van der Waals surface area (Å²) in [6.07, 6.45) is 6.21. The Bertz CT molecular complexity index is 419. The first-order valence-electron chi connectivity index (χ1n) is 4.39. The monoisotopic (exact) mass is 204 g/mol. The van der Waals surface area contributed by atoms with E-state index in [1.165, 1.54) is 6.08 Å². The number of cyclic esters (lactones) is 1. The van der Waals surface area contributed by atoms with Crippen molar-refractivity contribution in [3.05, 3.63) is 41.9 Å². The van der Waals surface area contributed by atoms with Crippen molar-refractivity contribution < 1.29 is 18.7 Å². The molecule has 2 rings (SSSR count). The minimum absolute atomic E-state index is 0.0813. The van der Waals surface area contributed by atoms with Gasteiger partial charge in [0.25, 0.3) is 0 Å². The number of ether oxygens (including phenoxy) is 1. The van der Waals surface area contributed by atoms with Crippen molar-refractivity contribution in [3.8, 4) is 0 Å². The van der Waals surface area contributed by atoms with Crippen LogP contribution in [0.3, 0.4) is 0 Å². The van der Waals surface area contributed by atoms with E-state index >= 15 is 0 Å². The molecule has 0 unspecified atom stereocenters. The summed E-state index contributed by atoms with van der Waals surface area (Å²) < 4.78 is 9.59. The lowest BCUT2D eigenvalue weighted by atomic mass is 10.2. The van der Waals surface area contributed by atoms with E-state index in [0.29, 0.717) is 5.76 Å². The third-order valence-corrected chi connectivity index (χ3v) is 1.92. The molecule has 1 fully saturated rings. The van der Waals surface area contributed by atoms with Crippen molar-refractivity contribution in [1.82, 2.24) is 0 Å². The zero-order chi connectivity index (χ0) is 10.7. The summed E-state index contributed by atoms with van der Waals surface area (Å²) in [7, 11) is 0. The fourth-order valence-corrected chi connectivity index (χ4v) is 1.19. The van der Waals surface area contributed by atoms with Gasteiger partial charge in [0, 0.05) is 0 Å². The highest BCUT2D eigenvalue weighted by Crippen LogP contribution is 2.10.